The molecule has 2 amide bonds. The Kier molecular flexibility index (Phi) is 5.60. The van der Waals surface area contributed by atoms with Crippen LogP contribution < -0.4 is 16.8 Å². The van der Waals surface area contributed by atoms with Gasteiger partial charge in [0, 0.05) is 17.0 Å². The van der Waals surface area contributed by atoms with Crippen molar-refractivity contribution in [1.82, 2.24) is 15.0 Å². The number of benzene rings is 3. The van der Waals surface area contributed by atoms with Gasteiger partial charge in [0.2, 0.25) is 0 Å². The summed E-state index contributed by atoms with van der Waals surface area (Å²) in [6.07, 6.45) is -1.55. The maximum absolute atomic E-state index is 13.2. The lowest BCUT2D eigenvalue weighted by atomic mass is 9.84. The second-order valence-corrected chi connectivity index (χ2v) is 8.16. The number of anilines is 2. The quantitative estimate of drug-likeness (QED) is 0.259. The van der Waals surface area contributed by atoms with Gasteiger partial charge >= 0.3 is 0 Å². The molecular formula is C26H22N6O3. The van der Waals surface area contributed by atoms with Gasteiger partial charge < -0.3 is 26.9 Å². The van der Waals surface area contributed by atoms with E-state index in [1.54, 1.807) is 60.7 Å². The molecule has 35 heavy (non-hydrogen) atoms. The molecule has 0 radical (unpaired) electrons. The molecule has 0 aliphatic carbocycles. The standard InChI is InChI=1S/C26H22N6O3/c27-24(34)22-17(12-15-8-4-5-9-18(15)30-22)21(14-6-2-1-3-7-14)23(33)25(35)29-16-10-11-19-20(13-16)32-26(28)31-19/h1-13,21,23,33H,(H2,27,34)(H,29,35)(H3,28,31,32). The van der Waals surface area contributed by atoms with Crippen LogP contribution >= 0.6 is 0 Å². The van der Waals surface area contributed by atoms with Crippen LogP contribution in [-0.2, 0) is 4.79 Å². The van der Waals surface area contributed by atoms with Gasteiger partial charge in [-0.2, -0.15) is 0 Å². The molecule has 7 N–H and O–H groups in total. The number of rotatable bonds is 6. The van der Waals surface area contributed by atoms with Gasteiger partial charge in [-0.15, -0.1) is 0 Å². The minimum absolute atomic E-state index is 0.00115. The predicted octanol–water partition coefficient (Wildman–Crippen LogP) is 2.92. The molecular weight excluding hydrogens is 444 g/mol. The Bertz CT molecular complexity index is 1560. The number of amides is 2. The van der Waals surface area contributed by atoms with E-state index in [1.165, 1.54) is 0 Å². The summed E-state index contributed by atoms with van der Waals surface area (Å²) >= 11 is 0. The van der Waals surface area contributed by atoms with E-state index in [1.807, 2.05) is 18.2 Å². The molecule has 5 aromatic rings. The largest absolute Gasteiger partial charge is 0.382 e. The first kappa shape index (κ1) is 22.1. The molecule has 0 aliphatic heterocycles. The molecule has 2 heterocycles. The van der Waals surface area contributed by atoms with Crippen LogP contribution in [0.4, 0.5) is 11.6 Å². The molecule has 0 saturated carbocycles. The fourth-order valence-corrected chi connectivity index (χ4v) is 4.23. The van der Waals surface area contributed by atoms with Crippen molar-refractivity contribution in [3.63, 3.8) is 0 Å². The number of nitrogen functional groups attached to an aromatic ring is 1. The third-order valence-corrected chi connectivity index (χ3v) is 5.83. The van der Waals surface area contributed by atoms with Crippen LogP contribution in [0.1, 0.15) is 27.5 Å². The van der Waals surface area contributed by atoms with Crippen LogP contribution in [0.15, 0.2) is 78.9 Å². The summed E-state index contributed by atoms with van der Waals surface area (Å²) in [6.45, 7) is 0. The Labute approximate surface area is 199 Å². The van der Waals surface area contributed by atoms with E-state index in [0.29, 0.717) is 33.4 Å². The van der Waals surface area contributed by atoms with Crippen molar-refractivity contribution in [3.8, 4) is 0 Å². The van der Waals surface area contributed by atoms with Crippen molar-refractivity contribution < 1.29 is 14.7 Å². The number of carbonyl (C=O) groups excluding carboxylic acids is 2. The zero-order chi connectivity index (χ0) is 24.5. The van der Waals surface area contributed by atoms with Crippen molar-refractivity contribution in [3.05, 3.63) is 95.7 Å². The Hall–Kier alpha value is -4.76. The van der Waals surface area contributed by atoms with Crippen LogP contribution in [-0.4, -0.2) is 38.0 Å². The lowest BCUT2D eigenvalue weighted by Crippen LogP contribution is -2.35. The van der Waals surface area contributed by atoms with E-state index in [9.17, 15) is 14.7 Å². The summed E-state index contributed by atoms with van der Waals surface area (Å²) in [4.78, 5) is 37.1. The van der Waals surface area contributed by atoms with Crippen LogP contribution in [0.2, 0.25) is 0 Å². The third-order valence-electron chi connectivity index (χ3n) is 5.83. The van der Waals surface area contributed by atoms with Gasteiger partial charge in [-0.3, -0.25) is 9.59 Å². The fourth-order valence-electron chi connectivity index (χ4n) is 4.23. The smallest absolute Gasteiger partial charge is 0.267 e. The summed E-state index contributed by atoms with van der Waals surface area (Å²) in [6, 6.07) is 23.0. The number of para-hydroxylation sites is 1. The van der Waals surface area contributed by atoms with E-state index in [2.05, 4.69) is 20.3 Å². The number of aromatic nitrogens is 3. The van der Waals surface area contributed by atoms with E-state index in [4.69, 9.17) is 11.5 Å². The highest BCUT2D eigenvalue weighted by molar-refractivity contribution is 5.99. The number of nitrogens with one attached hydrogen (secondary N) is 2. The van der Waals surface area contributed by atoms with Crippen LogP contribution in [0.5, 0.6) is 0 Å². The average Bonchev–Trinajstić information content (AvgIpc) is 3.23. The highest BCUT2D eigenvalue weighted by atomic mass is 16.3. The number of fused-ring (bicyclic) bond motifs is 2. The summed E-state index contributed by atoms with van der Waals surface area (Å²) in [5.41, 5.74) is 14.7. The van der Waals surface area contributed by atoms with Crippen molar-refractivity contribution in [1.29, 1.82) is 0 Å². The summed E-state index contributed by atoms with van der Waals surface area (Å²) < 4.78 is 0. The van der Waals surface area contributed by atoms with Crippen molar-refractivity contribution in [2.45, 2.75) is 12.0 Å². The monoisotopic (exact) mass is 466 g/mol. The zero-order valence-corrected chi connectivity index (χ0v) is 18.5. The highest BCUT2D eigenvalue weighted by Gasteiger charge is 2.33. The number of aliphatic hydroxyl groups is 1. The van der Waals surface area contributed by atoms with E-state index >= 15 is 0 Å². The molecule has 0 aliphatic rings. The average molecular weight is 467 g/mol. The van der Waals surface area contributed by atoms with Crippen LogP contribution in [0.25, 0.3) is 21.9 Å². The maximum Gasteiger partial charge on any atom is 0.267 e. The number of imidazole rings is 1. The van der Waals surface area contributed by atoms with E-state index in [-0.39, 0.29) is 11.6 Å². The number of aliphatic hydroxyl groups excluding tert-OH is 1. The number of hydrogen-bond acceptors (Lipinski definition) is 6. The maximum atomic E-state index is 13.2. The Morgan fingerprint density at radius 1 is 0.914 bits per heavy atom. The predicted molar refractivity (Wildman–Crippen MR) is 134 cm³/mol. The molecule has 5 rings (SSSR count). The van der Waals surface area contributed by atoms with Crippen molar-refractivity contribution in [2.24, 2.45) is 5.73 Å². The number of primary amides is 1. The number of H-pyrrole nitrogens is 1. The molecule has 2 aromatic heterocycles. The first-order chi connectivity index (χ1) is 16.9. The Morgan fingerprint density at radius 3 is 2.43 bits per heavy atom. The van der Waals surface area contributed by atoms with Gasteiger partial charge in [-0.1, -0.05) is 48.5 Å². The van der Waals surface area contributed by atoms with Crippen molar-refractivity contribution >= 4 is 45.4 Å². The molecule has 174 valence electrons. The highest BCUT2D eigenvalue weighted by Crippen LogP contribution is 2.33. The second kappa shape index (κ2) is 8.88. The number of pyridine rings is 1. The third kappa shape index (κ3) is 4.28. The molecule has 0 spiro atoms. The molecule has 9 nitrogen and oxygen atoms in total. The molecule has 2 unspecified atom stereocenters. The van der Waals surface area contributed by atoms with Gasteiger partial charge in [0.15, 0.2) is 5.95 Å². The van der Waals surface area contributed by atoms with Gasteiger partial charge in [-0.05, 0) is 41.5 Å². The number of carbonyl (C=O) groups is 2. The summed E-state index contributed by atoms with van der Waals surface area (Å²) in [5, 5.41) is 14.8. The van der Waals surface area contributed by atoms with Crippen LogP contribution in [0, 0.1) is 0 Å². The topological polar surface area (TPSA) is 160 Å². The second-order valence-electron chi connectivity index (χ2n) is 8.16. The normalized spacial score (nSPS) is 12.9. The molecule has 9 heteroatoms. The van der Waals surface area contributed by atoms with Gasteiger partial charge in [0.05, 0.1) is 16.6 Å². The summed E-state index contributed by atoms with van der Waals surface area (Å²) in [5.74, 6) is -2.05. The SMILES string of the molecule is NC(=O)c1nc2ccccc2cc1C(c1ccccc1)C(O)C(=O)Nc1ccc2nc(N)[nH]c2c1. The van der Waals surface area contributed by atoms with Gasteiger partial charge in [-0.25, -0.2) is 9.97 Å². The Balaban J connectivity index is 1.57. The van der Waals surface area contributed by atoms with E-state index in [0.717, 1.165) is 5.39 Å². The molecule has 0 bridgehead atoms. The molecule has 3 aromatic carbocycles. The lowest BCUT2D eigenvalue weighted by molar-refractivity contribution is -0.124. The molecule has 0 fully saturated rings. The van der Waals surface area contributed by atoms with Gasteiger partial charge in [0.25, 0.3) is 11.8 Å². The minimum atomic E-state index is -1.55. The fraction of sp³-hybridized carbons (Fsp3) is 0.0769. The Morgan fingerprint density at radius 2 is 1.66 bits per heavy atom. The lowest BCUT2D eigenvalue weighted by Gasteiger charge is -2.25. The number of nitrogens with two attached hydrogens (primary N) is 2. The number of aromatic amines is 1. The first-order valence-electron chi connectivity index (χ1n) is 10.9. The first-order valence-corrected chi connectivity index (χ1v) is 10.9. The number of nitrogens with zero attached hydrogens (tertiary/aromatic N) is 2. The summed E-state index contributed by atoms with van der Waals surface area (Å²) in [7, 11) is 0. The van der Waals surface area contributed by atoms with Crippen molar-refractivity contribution in [2.75, 3.05) is 11.1 Å². The molecule has 2 atom stereocenters. The van der Waals surface area contributed by atoms with Crippen LogP contribution in [0.3, 0.4) is 0 Å². The zero-order valence-electron chi connectivity index (χ0n) is 18.5. The van der Waals surface area contributed by atoms with Gasteiger partial charge in [0.1, 0.15) is 11.8 Å². The number of hydrogen-bond donors (Lipinski definition) is 5. The molecule has 0 saturated heterocycles. The minimum Gasteiger partial charge on any atom is -0.382 e. The van der Waals surface area contributed by atoms with E-state index < -0.39 is 23.8 Å².